The van der Waals surface area contributed by atoms with E-state index in [1.807, 2.05) is 30.3 Å². The Balaban J connectivity index is 1.27. The van der Waals surface area contributed by atoms with Gasteiger partial charge in [-0.25, -0.2) is 4.79 Å². The summed E-state index contributed by atoms with van der Waals surface area (Å²) in [5.41, 5.74) is 2.39. The molecule has 2 aliphatic heterocycles. The number of aryl methyl sites for hydroxylation is 1. The van der Waals surface area contributed by atoms with E-state index in [2.05, 4.69) is 16.7 Å². The van der Waals surface area contributed by atoms with Gasteiger partial charge < -0.3 is 19.1 Å². The molecule has 11 heteroatoms. The number of fused-ring (bicyclic) bond motifs is 1. The number of halogens is 2. The second-order valence-corrected chi connectivity index (χ2v) is 13.3. The number of anilines is 2. The zero-order valence-electron chi connectivity index (χ0n) is 28.5. The van der Waals surface area contributed by atoms with E-state index in [0.717, 1.165) is 76.1 Å². The van der Waals surface area contributed by atoms with E-state index < -0.39 is 18.2 Å². The van der Waals surface area contributed by atoms with Crippen molar-refractivity contribution in [1.29, 1.82) is 0 Å². The van der Waals surface area contributed by atoms with Gasteiger partial charge in [0.05, 0.1) is 34.6 Å². The van der Waals surface area contributed by atoms with Crippen LogP contribution >= 0.6 is 23.2 Å². The third kappa shape index (κ3) is 11.0. The van der Waals surface area contributed by atoms with Crippen LogP contribution in [0.1, 0.15) is 90.0 Å². The number of carbonyl (C=O) groups excluding carboxylic acids is 3. The van der Waals surface area contributed by atoms with Crippen LogP contribution < -0.4 is 14.5 Å². The molecule has 9 nitrogen and oxygen atoms in total. The summed E-state index contributed by atoms with van der Waals surface area (Å²) in [7, 11) is 0. The van der Waals surface area contributed by atoms with Gasteiger partial charge in [-0.2, -0.15) is 0 Å². The zero-order chi connectivity index (χ0) is 34.3. The topological polar surface area (TPSA) is 88.6 Å². The summed E-state index contributed by atoms with van der Waals surface area (Å²) in [4.78, 5) is 45.1. The molecule has 0 radical (unpaired) electrons. The summed E-state index contributed by atoms with van der Waals surface area (Å²) in [5, 5.41) is 1.18. The summed E-state index contributed by atoms with van der Waals surface area (Å²) < 4.78 is 17.0. The number of benzene rings is 2. The molecule has 0 N–H and O–H groups in total. The highest BCUT2D eigenvalue weighted by atomic mass is 35.5. The normalized spacial score (nSPS) is 15.6. The summed E-state index contributed by atoms with van der Waals surface area (Å²) in [6.07, 6.45) is 8.72. The third-order valence-electron chi connectivity index (χ3n) is 8.93. The maximum absolute atomic E-state index is 13.2. The molecule has 2 aromatic carbocycles. The molecule has 1 unspecified atom stereocenters. The van der Waals surface area contributed by atoms with E-state index in [0.29, 0.717) is 40.9 Å². The van der Waals surface area contributed by atoms with Gasteiger partial charge in [0, 0.05) is 45.1 Å². The maximum atomic E-state index is 13.2. The zero-order valence-corrected chi connectivity index (χ0v) is 30.0. The molecular formula is C37H51Cl2N3O6. The predicted molar refractivity (Wildman–Crippen MR) is 191 cm³/mol. The molecule has 48 heavy (non-hydrogen) atoms. The molecule has 0 aromatic heterocycles. The fraction of sp³-hybridized carbons (Fsp3) is 0.595. The van der Waals surface area contributed by atoms with Crippen LogP contribution in [0.2, 0.25) is 10.0 Å². The lowest BCUT2D eigenvalue weighted by Crippen LogP contribution is -2.50. The highest BCUT2D eigenvalue weighted by molar-refractivity contribution is 6.43. The van der Waals surface area contributed by atoms with E-state index in [-0.39, 0.29) is 25.4 Å². The Labute approximate surface area is 295 Å². The highest BCUT2D eigenvalue weighted by Crippen LogP contribution is 2.35. The largest absolute Gasteiger partial charge is 0.494 e. The number of amides is 1. The van der Waals surface area contributed by atoms with Crippen molar-refractivity contribution < 1.29 is 28.6 Å². The molecule has 2 heterocycles. The molecule has 2 aliphatic rings. The molecule has 2 aromatic rings. The Morgan fingerprint density at radius 1 is 0.854 bits per heavy atom. The quantitative estimate of drug-likeness (QED) is 0.108. The summed E-state index contributed by atoms with van der Waals surface area (Å²) in [5.74, 6) is -0.963. The molecule has 1 saturated heterocycles. The first-order valence-corrected chi connectivity index (χ1v) is 18.4. The molecule has 4 rings (SSSR count). The van der Waals surface area contributed by atoms with Crippen molar-refractivity contribution in [1.82, 2.24) is 4.90 Å². The van der Waals surface area contributed by atoms with Crippen molar-refractivity contribution in [2.45, 2.75) is 97.1 Å². The fourth-order valence-corrected chi connectivity index (χ4v) is 6.64. The molecule has 264 valence electrons. The van der Waals surface area contributed by atoms with Crippen LogP contribution in [0, 0.1) is 0 Å². The summed E-state index contributed by atoms with van der Waals surface area (Å²) in [6, 6.07) is 11.3. The molecule has 0 aliphatic carbocycles. The van der Waals surface area contributed by atoms with Gasteiger partial charge in [-0.3, -0.25) is 19.4 Å². The minimum atomic E-state index is -1.47. The first kappa shape index (κ1) is 37.8. The second-order valence-electron chi connectivity index (χ2n) is 12.5. The van der Waals surface area contributed by atoms with E-state index >= 15 is 0 Å². The number of esters is 2. The lowest BCUT2D eigenvalue weighted by atomic mass is 10.0. The molecule has 0 bridgehead atoms. The number of hydrogen-bond acceptors (Lipinski definition) is 8. The standard InChI is InChI=1S/C37H51Cl2N3O6/c1-3-5-6-7-8-9-10-16-34(44)48-36(37(45)46-4-2)42-32-27-29(19-17-28(32)18-20-33(42)43)47-26-12-11-21-40-22-24-41(25-23-40)31-15-13-14-30(38)35(31)39/h13-15,17,19,27,36H,3-12,16,18,20-26H2,1-2H3. The number of ether oxygens (including phenoxy) is 3. The lowest BCUT2D eigenvalue weighted by Gasteiger charge is -2.36. The highest BCUT2D eigenvalue weighted by Gasteiger charge is 2.39. The Morgan fingerprint density at radius 2 is 1.60 bits per heavy atom. The van der Waals surface area contributed by atoms with Crippen LogP contribution in [0.4, 0.5) is 11.4 Å². The van der Waals surface area contributed by atoms with Crippen LogP contribution in [0.25, 0.3) is 0 Å². The van der Waals surface area contributed by atoms with Crippen LogP contribution in [-0.4, -0.2) is 74.9 Å². The molecule has 1 fully saturated rings. The van der Waals surface area contributed by atoms with Gasteiger partial charge in [-0.15, -0.1) is 0 Å². The van der Waals surface area contributed by atoms with Crippen molar-refractivity contribution in [2.75, 3.05) is 55.7 Å². The van der Waals surface area contributed by atoms with Gasteiger partial charge in [-0.05, 0) is 62.9 Å². The van der Waals surface area contributed by atoms with E-state index in [4.69, 9.17) is 37.4 Å². The Kier molecular flexibility index (Phi) is 15.6. The molecule has 0 saturated carbocycles. The van der Waals surface area contributed by atoms with Gasteiger partial charge in [0.25, 0.3) is 6.23 Å². The average Bonchev–Trinajstić information content (AvgIpc) is 3.08. The van der Waals surface area contributed by atoms with Crippen molar-refractivity contribution >= 4 is 52.4 Å². The second kappa shape index (κ2) is 19.9. The number of piperazine rings is 1. The van der Waals surface area contributed by atoms with Gasteiger partial charge >= 0.3 is 11.9 Å². The summed E-state index contributed by atoms with van der Waals surface area (Å²) in [6.45, 7) is 9.14. The minimum absolute atomic E-state index is 0.106. The van der Waals surface area contributed by atoms with Crippen LogP contribution in [-0.2, 0) is 30.3 Å². The van der Waals surface area contributed by atoms with Crippen LogP contribution in [0.3, 0.4) is 0 Å². The van der Waals surface area contributed by atoms with Crippen molar-refractivity contribution in [3.8, 4) is 5.75 Å². The van der Waals surface area contributed by atoms with Crippen molar-refractivity contribution in [3.05, 3.63) is 52.0 Å². The van der Waals surface area contributed by atoms with Crippen LogP contribution in [0.15, 0.2) is 36.4 Å². The van der Waals surface area contributed by atoms with Gasteiger partial charge in [0.1, 0.15) is 5.75 Å². The Hall–Kier alpha value is -3.01. The number of unbranched alkanes of at least 4 members (excludes halogenated alkanes) is 7. The lowest BCUT2D eigenvalue weighted by molar-refractivity contribution is -0.168. The van der Waals surface area contributed by atoms with Crippen molar-refractivity contribution in [3.63, 3.8) is 0 Å². The average molecular weight is 705 g/mol. The monoisotopic (exact) mass is 703 g/mol. The number of hydrogen-bond donors (Lipinski definition) is 0. The maximum Gasteiger partial charge on any atom is 0.369 e. The minimum Gasteiger partial charge on any atom is -0.494 e. The fourth-order valence-electron chi connectivity index (χ4n) is 6.23. The molecule has 1 atom stereocenters. The molecule has 1 amide bonds. The Morgan fingerprint density at radius 3 is 2.35 bits per heavy atom. The summed E-state index contributed by atoms with van der Waals surface area (Å²) >= 11 is 12.6. The molecule has 0 spiro atoms. The van der Waals surface area contributed by atoms with E-state index in [9.17, 15) is 14.4 Å². The predicted octanol–water partition coefficient (Wildman–Crippen LogP) is 7.83. The van der Waals surface area contributed by atoms with Crippen LogP contribution in [0.5, 0.6) is 5.75 Å². The smallest absolute Gasteiger partial charge is 0.369 e. The van der Waals surface area contributed by atoms with Gasteiger partial charge in [-0.1, -0.05) is 80.8 Å². The SMILES string of the molecule is CCCCCCCCCC(=O)OC(C(=O)OCC)N1C(=O)CCc2ccc(OCCCCN3CCN(c4cccc(Cl)c4Cl)CC3)cc21. The van der Waals surface area contributed by atoms with Crippen molar-refractivity contribution in [2.24, 2.45) is 0 Å². The number of carbonyl (C=O) groups is 3. The van der Waals surface area contributed by atoms with E-state index in [1.54, 1.807) is 13.0 Å². The first-order valence-electron chi connectivity index (χ1n) is 17.7. The Bertz CT molecular complexity index is 1350. The number of rotatable bonds is 19. The van der Waals surface area contributed by atoms with Gasteiger partial charge in [0.15, 0.2) is 0 Å². The molecular weight excluding hydrogens is 653 g/mol. The first-order chi connectivity index (χ1) is 23.3. The van der Waals surface area contributed by atoms with Gasteiger partial charge in [0.2, 0.25) is 5.91 Å². The van der Waals surface area contributed by atoms with E-state index in [1.165, 1.54) is 24.2 Å². The third-order valence-corrected chi connectivity index (χ3v) is 9.73. The number of nitrogens with zero attached hydrogens (tertiary/aromatic N) is 3.